The van der Waals surface area contributed by atoms with Gasteiger partial charge in [-0.2, -0.15) is 5.10 Å². The molecule has 3 aromatic heterocycles. The van der Waals surface area contributed by atoms with Crippen LogP contribution >= 0.6 is 11.3 Å². The van der Waals surface area contributed by atoms with Crippen LogP contribution in [-0.2, 0) is 7.05 Å². The summed E-state index contributed by atoms with van der Waals surface area (Å²) in [5.74, 6) is -0.126. The number of nitrogens with one attached hydrogen (secondary N) is 1. The number of rotatable bonds is 5. The molecule has 0 saturated heterocycles. The van der Waals surface area contributed by atoms with E-state index < -0.39 is 0 Å². The molecule has 170 valence electrons. The molecular formula is C24H19FN6O2S. The second kappa shape index (κ2) is 8.64. The lowest BCUT2D eigenvalue weighted by molar-refractivity contribution is 0.102. The minimum Gasteiger partial charge on any atom is -0.494 e. The predicted molar refractivity (Wildman–Crippen MR) is 128 cm³/mol. The molecule has 0 bridgehead atoms. The van der Waals surface area contributed by atoms with E-state index in [-0.39, 0.29) is 11.7 Å². The predicted octanol–water partition coefficient (Wildman–Crippen LogP) is 4.86. The molecule has 2 aromatic carbocycles. The number of fused-ring (bicyclic) bond motifs is 1. The second-order valence-electron chi connectivity index (χ2n) is 7.58. The van der Waals surface area contributed by atoms with Crippen LogP contribution < -0.4 is 10.1 Å². The van der Waals surface area contributed by atoms with Crippen LogP contribution in [0.5, 0.6) is 5.75 Å². The Morgan fingerprint density at radius 1 is 1.12 bits per heavy atom. The summed E-state index contributed by atoms with van der Waals surface area (Å²) in [6.07, 6.45) is 3.32. The number of methoxy groups -OCH3 is 1. The van der Waals surface area contributed by atoms with E-state index in [1.807, 2.05) is 13.2 Å². The van der Waals surface area contributed by atoms with Crippen molar-refractivity contribution in [2.75, 3.05) is 12.4 Å². The van der Waals surface area contributed by atoms with Gasteiger partial charge < -0.3 is 10.1 Å². The smallest absolute Gasteiger partial charge is 0.267 e. The molecule has 0 aliphatic carbocycles. The topological polar surface area (TPSA) is 94.8 Å². The van der Waals surface area contributed by atoms with Crippen molar-refractivity contribution in [3.05, 3.63) is 70.8 Å². The van der Waals surface area contributed by atoms with Crippen LogP contribution in [-0.4, -0.2) is 37.7 Å². The van der Waals surface area contributed by atoms with E-state index in [1.54, 1.807) is 41.4 Å². The average molecular weight is 475 g/mol. The Balaban J connectivity index is 1.65. The summed E-state index contributed by atoms with van der Waals surface area (Å²) < 4.78 is 20.7. The highest BCUT2D eigenvalue weighted by Gasteiger charge is 2.20. The van der Waals surface area contributed by atoms with Crippen LogP contribution in [0.1, 0.15) is 15.4 Å². The van der Waals surface area contributed by atoms with Gasteiger partial charge in [-0.1, -0.05) is 0 Å². The molecule has 5 rings (SSSR count). The molecule has 1 amide bonds. The number of carbonyl (C=O) groups excluding carboxylic acids is 1. The lowest BCUT2D eigenvalue weighted by atomic mass is 10.0. The number of benzene rings is 2. The molecule has 0 aliphatic rings. The number of anilines is 1. The van der Waals surface area contributed by atoms with Gasteiger partial charge in [-0.25, -0.2) is 19.3 Å². The highest BCUT2D eigenvalue weighted by Crippen LogP contribution is 2.37. The standard InChI is InChI=1S/C24H19FN6O2S/c1-13-23(34-12-28-13)24(32)29-19-8-16-18(9-20(19)33-3)26-11-27-22(16)17-10-31(2)30-21(17)14-4-6-15(25)7-5-14/h4-12H,1-3H3,(H,29,32). The van der Waals surface area contributed by atoms with E-state index in [1.165, 1.54) is 36.9 Å². The molecule has 34 heavy (non-hydrogen) atoms. The third-order valence-electron chi connectivity index (χ3n) is 5.36. The Morgan fingerprint density at radius 2 is 1.91 bits per heavy atom. The molecule has 10 heteroatoms. The first kappa shape index (κ1) is 21.7. The van der Waals surface area contributed by atoms with Crippen molar-refractivity contribution in [3.63, 3.8) is 0 Å². The van der Waals surface area contributed by atoms with Gasteiger partial charge in [-0.05, 0) is 37.3 Å². The number of aryl methyl sites for hydroxylation is 2. The van der Waals surface area contributed by atoms with Gasteiger partial charge in [0.1, 0.15) is 28.5 Å². The number of hydrogen-bond donors (Lipinski definition) is 1. The fourth-order valence-electron chi connectivity index (χ4n) is 3.75. The molecule has 0 spiro atoms. The van der Waals surface area contributed by atoms with Gasteiger partial charge in [0.05, 0.1) is 35.2 Å². The molecule has 0 radical (unpaired) electrons. The Kier molecular flexibility index (Phi) is 5.50. The van der Waals surface area contributed by atoms with Crippen molar-refractivity contribution in [3.8, 4) is 28.3 Å². The first-order valence-electron chi connectivity index (χ1n) is 10.3. The SMILES string of the molecule is COc1cc2ncnc(-c3cn(C)nc3-c3ccc(F)cc3)c2cc1NC(=O)c1scnc1C. The maximum atomic E-state index is 13.5. The van der Waals surface area contributed by atoms with Crippen LogP contribution in [0, 0.1) is 12.7 Å². The van der Waals surface area contributed by atoms with Gasteiger partial charge >= 0.3 is 0 Å². The van der Waals surface area contributed by atoms with Crippen molar-refractivity contribution in [1.82, 2.24) is 24.7 Å². The minimum absolute atomic E-state index is 0.274. The first-order valence-corrected chi connectivity index (χ1v) is 11.2. The molecule has 8 nitrogen and oxygen atoms in total. The van der Waals surface area contributed by atoms with Gasteiger partial charge in [-0.15, -0.1) is 11.3 Å². The summed E-state index contributed by atoms with van der Waals surface area (Å²) in [6.45, 7) is 1.79. The van der Waals surface area contributed by atoms with Crippen molar-refractivity contribution in [2.45, 2.75) is 6.92 Å². The number of ether oxygens (including phenoxy) is 1. The lowest BCUT2D eigenvalue weighted by Crippen LogP contribution is -2.12. The van der Waals surface area contributed by atoms with Crippen molar-refractivity contribution >= 4 is 33.8 Å². The summed E-state index contributed by atoms with van der Waals surface area (Å²) in [5, 5.41) is 8.20. The molecule has 1 N–H and O–H groups in total. The fraction of sp³-hybridized carbons (Fsp3) is 0.125. The van der Waals surface area contributed by atoms with E-state index in [2.05, 4.69) is 25.4 Å². The normalized spacial score (nSPS) is 11.1. The van der Waals surface area contributed by atoms with Crippen molar-refractivity contribution in [2.24, 2.45) is 7.05 Å². The van der Waals surface area contributed by atoms with Gasteiger partial charge in [0.2, 0.25) is 0 Å². The fourth-order valence-corrected chi connectivity index (χ4v) is 4.44. The molecule has 3 heterocycles. The van der Waals surface area contributed by atoms with Crippen LogP contribution in [0.3, 0.4) is 0 Å². The number of hydrogen-bond acceptors (Lipinski definition) is 7. The van der Waals surface area contributed by atoms with Crippen LogP contribution in [0.15, 0.2) is 54.4 Å². The first-order chi connectivity index (χ1) is 16.4. The molecule has 0 atom stereocenters. The van der Waals surface area contributed by atoms with E-state index in [4.69, 9.17) is 4.74 Å². The van der Waals surface area contributed by atoms with Crippen LogP contribution in [0.4, 0.5) is 10.1 Å². The number of carbonyl (C=O) groups is 1. The molecule has 0 fully saturated rings. The zero-order chi connectivity index (χ0) is 23.8. The van der Waals surface area contributed by atoms with Gasteiger partial charge in [0.25, 0.3) is 5.91 Å². The number of aromatic nitrogens is 5. The molecule has 0 saturated carbocycles. The summed E-state index contributed by atoms with van der Waals surface area (Å²) in [4.78, 5) is 26.5. The quantitative estimate of drug-likeness (QED) is 0.391. The molecule has 0 unspecified atom stereocenters. The summed E-state index contributed by atoms with van der Waals surface area (Å²) >= 11 is 1.27. The number of nitrogens with zero attached hydrogens (tertiary/aromatic N) is 5. The van der Waals surface area contributed by atoms with Gasteiger partial charge in [0.15, 0.2) is 0 Å². The van der Waals surface area contributed by atoms with Crippen molar-refractivity contribution in [1.29, 1.82) is 0 Å². The van der Waals surface area contributed by atoms with E-state index >= 15 is 0 Å². The Labute approximate surface area is 198 Å². The Bertz CT molecular complexity index is 1530. The number of halogens is 1. The maximum Gasteiger partial charge on any atom is 0.267 e. The van der Waals surface area contributed by atoms with Gasteiger partial charge in [-0.3, -0.25) is 9.48 Å². The number of amides is 1. The maximum absolute atomic E-state index is 13.5. The average Bonchev–Trinajstić information content (AvgIpc) is 3.44. The largest absolute Gasteiger partial charge is 0.494 e. The highest BCUT2D eigenvalue weighted by molar-refractivity contribution is 7.12. The monoisotopic (exact) mass is 474 g/mol. The van der Waals surface area contributed by atoms with E-state index in [0.29, 0.717) is 44.3 Å². The lowest BCUT2D eigenvalue weighted by Gasteiger charge is -2.13. The van der Waals surface area contributed by atoms with Gasteiger partial charge in [0, 0.05) is 35.8 Å². The summed E-state index contributed by atoms with van der Waals surface area (Å²) in [7, 11) is 3.34. The highest BCUT2D eigenvalue weighted by atomic mass is 32.1. The number of thiazole rings is 1. The third kappa shape index (κ3) is 3.88. The summed E-state index contributed by atoms with van der Waals surface area (Å²) in [6, 6.07) is 9.69. The van der Waals surface area contributed by atoms with E-state index in [9.17, 15) is 9.18 Å². The Hall–Kier alpha value is -4.18. The third-order valence-corrected chi connectivity index (χ3v) is 6.29. The summed E-state index contributed by atoms with van der Waals surface area (Å²) in [5.41, 5.74) is 6.21. The second-order valence-corrected chi connectivity index (χ2v) is 8.44. The molecule has 0 aliphatic heterocycles. The molecular weight excluding hydrogens is 455 g/mol. The molecule has 5 aromatic rings. The Morgan fingerprint density at radius 3 is 2.62 bits per heavy atom. The van der Waals surface area contributed by atoms with Crippen LogP contribution in [0.25, 0.3) is 33.4 Å². The zero-order valence-corrected chi connectivity index (χ0v) is 19.4. The van der Waals surface area contributed by atoms with E-state index in [0.717, 1.165) is 11.1 Å². The minimum atomic E-state index is -0.322. The van der Waals surface area contributed by atoms with Crippen LogP contribution in [0.2, 0.25) is 0 Å². The van der Waals surface area contributed by atoms with Crippen molar-refractivity contribution < 1.29 is 13.9 Å². The zero-order valence-electron chi connectivity index (χ0n) is 18.5.